The van der Waals surface area contributed by atoms with Crippen LogP contribution in [0.4, 0.5) is 0 Å². The van der Waals surface area contributed by atoms with Crippen LogP contribution in [-0.4, -0.2) is 45.6 Å². The lowest BCUT2D eigenvalue weighted by Crippen LogP contribution is -2.40. The molecule has 0 bridgehead atoms. The first-order valence-corrected chi connectivity index (χ1v) is 12.4. The molecular formula is C22H30N2O4S2. The Morgan fingerprint density at radius 1 is 1.10 bits per heavy atom. The number of rotatable bonds is 10. The normalized spacial score (nSPS) is 12.8. The Labute approximate surface area is 184 Å². The van der Waals surface area contributed by atoms with E-state index in [2.05, 4.69) is 19.2 Å². The number of thioether (sulfide) groups is 1. The van der Waals surface area contributed by atoms with Gasteiger partial charge in [-0.15, -0.1) is 11.8 Å². The van der Waals surface area contributed by atoms with E-state index < -0.39 is 10.0 Å². The van der Waals surface area contributed by atoms with Crippen molar-refractivity contribution in [2.45, 2.75) is 36.1 Å². The van der Waals surface area contributed by atoms with Crippen molar-refractivity contribution in [1.82, 2.24) is 9.62 Å². The van der Waals surface area contributed by atoms with Gasteiger partial charge in [-0.2, -0.15) is 4.31 Å². The van der Waals surface area contributed by atoms with Crippen LogP contribution >= 0.6 is 11.8 Å². The van der Waals surface area contributed by atoms with Gasteiger partial charge < -0.3 is 10.1 Å². The number of hydrogen-bond acceptors (Lipinski definition) is 5. The van der Waals surface area contributed by atoms with Gasteiger partial charge in [0.25, 0.3) is 0 Å². The number of amides is 1. The molecule has 0 saturated carbocycles. The van der Waals surface area contributed by atoms with Crippen molar-refractivity contribution in [2.75, 3.05) is 27.0 Å². The smallest absolute Gasteiger partial charge is 0.243 e. The van der Waals surface area contributed by atoms with Crippen LogP contribution in [0.5, 0.6) is 5.75 Å². The quantitative estimate of drug-likeness (QED) is 0.555. The fourth-order valence-corrected chi connectivity index (χ4v) is 4.58. The third kappa shape index (κ3) is 6.48. The molecule has 0 heterocycles. The Morgan fingerprint density at radius 2 is 1.70 bits per heavy atom. The Bertz CT molecular complexity index is 927. The summed E-state index contributed by atoms with van der Waals surface area (Å²) in [6.45, 7) is 3.91. The summed E-state index contributed by atoms with van der Waals surface area (Å²) < 4.78 is 31.9. The zero-order chi connectivity index (χ0) is 22.3. The molecule has 164 valence electrons. The number of carbonyl (C=O) groups excluding carboxylic acids is 1. The van der Waals surface area contributed by atoms with Gasteiger partial charge in [0.2, 0.25) is 15.9 Å². The first kappa shape index (κ1) is 24.2. The lowest BCUT2D eigenvalue weighted by molar-refractivity contribution is -0.122. The Hall–Kier alpha value is -2.03. The van der Waals surface area contributed by atoms with Crippen molar-refractivity contribution < 1.29 is 17.9 Å². The summed E-state index contributed by atoms with van der Waals surface area (Å²) in [4.78, 5) is 13.8. The summed E-state index contributed by atoms with van der Waals surface area (Å²) in [6, 6.07) is 14.0. The van der Waals surface area contributed by atoms with Crippen molar-refractivity contribution in [3.05, 3.63) is 54.1 Å². The molecule has 0 aliphatic carbocycles. The molecule has 0 aliphatic heterocycles. The van der Waals surface area contributed by atoms with E-state index in [1.807, 2.05) is 30.5 Å². The Balaban J connectivity index is 2.10. The van der Waals surface area contributed by atoms with Crippen molar-refractivity contribution in [2.24, 2.45) is 5.92 Å². The summed E-state index contributed by atoms with van der Waals surface area (Å²) in [5.41, 5.74) is 0.955. The van der Waals surface area contributed by atoms with E-state index in [0.29, 0.717) is 5.92 Å². The highest BCUT2D eigenvalue weighted by atomic mass is 32.2. The maximum absolute atomic E-state index is 12.8. The third-order valence-electron chi connectivity index (χ3n) is 4.69. The minimum Gasteiger partial charge on any atom is -0.497 e. The molecule has 30 heavy (non-hydrogen) atoms. The Morgan fingerprint density at radius 3 is 2.20 bits per heavy atom. The van der Waals surface area contributed by atoms with Crippen LogP contribution in [-0.2, 0) is 14.8 Å². The summed E-state index contributed by atoms with van der Waals surface area (Å²) >= 11 is 1.54. The SMILES string of the molecule is COc1ccc([C@H](CC(C)C)NC(=O)CN(C)S(=O)(=O)c2ccc(SC)cc2)cc1. The second-order valence-electron chi connectivity index (χ2n) is 7.46. The van der Waals surface area contributed by atoms with Crippen LogP contribution in [0.15, 0.2) is 58.3 Å². The van der Waals surface area contributed by atoms with Gasteiger partial charge in [-0.25, -0.2) is 8.42 Å². The van der Waals surface area contributed by atoms with Crippen molar-refractivity contribution >= 4 is 27.7 Å². The molecule has 0 radical (unpaired) electrons. The number of sulfonamides is 1. The fraction of sp³-hybridized carbons (Fsp3) is 0.409. The Kier molecular flexibility index (Phi) is 8.76. The van der Waals surface area contributed by atoms with Gasteiger partial charge in [-0.05, 0) is 60.6 Å². The average molecular weight is 451 g/mol. The average Bonchev–Trinajstić information content (AvgIpc) is 2.73. The second kappa shape index (κ2) is 10.8. The van der Waals surface area contributed by atoms with Gasteiger partial charge in [-0.3, -0.25) is 4.79 Å². The molecule has 8 heteroatoms. The van der Waals surface area contributed by atoms with Gasteiger partial charge in [0.05, 0.1) is 24.6 Å². The highest BCUT2D eigenvalue weighted by Gasteiger charge is 2.24. The summed E-state index contributed by atoms with van der Waals surface area (Å²) in [5.74, 6) is 0.754. The van der Waals surface area contributed by atoms with Gasteiger partial charge in [0.15, 0.2) is 0 Å². The molecule has 2 rings (SSSR count). The number of ether oxygens (including phenoxy) is 1. The largest absolute Gasteiger partial charge is 0.497 e. The van der Waals surface area contributed by atoms with Crippen molar-refractivity contribution in [3.8, 4) is 5.75 Å². The zero-order valence-corrected chi connectivity index (χ0v) is 19.7. The first-order valence-electron chi connectivity index (χ1n) is 9.71. The van der Waals surface area contributed by atoms with Gasteiger partial charge >= 0.3 is 0 Å². The number of carbonyl (C=O) groups is 1. The van der Waals surface area contributed by atoms with Crippen LogP contribution in [0.25, 0.3) is 0 Å². The molecule has 1 atom stereocenters. The number of nitrogens with one attached hydrogen (secondary N) is 1. The van der Waals surface area contributed by atoms with E-state index in [-0.39, 0.29) is 23.4 Å². The molecule has 0 unspecified atom stereocenters. The molecular weight excluding hydrogens is 420 g/mol. The molecule has 2 aromatic rings. The van der Waals surface area contributed by atoms with E-state index in [4.69, 9.17) is 4.74 Å². The molecule has 0 aromatic heterocycles. The van der Waals surface area contributed by atoms with Gasteiger partial charge in [-0.1, -0.05) is 26.0 Å². The number of nitrogens with zero attached hydrogens (tertiary/aromatic N) is 1. The third-order valence-corrected chi connectivity index (χ3v) is 7.26. The lowest BCUT2D eigenvalue weighted by atomic mass is 9.97. The number of likely N-dealkylation sites (N-methyl/N-ethyl adjacent to an activating group) is 1. The maximum atomic E-state index is 12.8. The highest BCUT2D eigenvalue weighted by Crippen LogP contribution is 2.24. The number of benzene rings is 2. The van der Waals surface area contributed by atoms with E-state index in [9.17, 15) is 13.2 Å². The topological polar surface area (TPSA) is 75.7 Å². The standard InChI is InChI=1S/C22H30N2O4S2/c1-16(2)14-21(17-6-8-18(28-4)9-7-17)23-22(25)15-24(3)30(26,27)20-12-10-19(29-5)11-13-20/h6-13,16,21H,14-15H2,1-5H3,(H,23,25)/t21-/m0/s1. The molecule has 0 saturated heterocycles. The molecule has 1 amide bonds. The monoisotopic (exact) mass is 450 g/mol. The molecule has 6 nitrogen and oxygen atoms in total. The molecule has 2 aromatic carbocycles. The van der Waals surface area contributed by atoms with Crippen LogP contribution in [0.1, 0.15) is 31.9 Å². The predicted molar refractivity (Wildman–Crippen MR) is 121 cm³/mol. The minimum atomic E-state index is -3.74. The lowest BCUT2D eigenvalue weighted by Gasteiger charge is -2.23. The summed E-state index contributed by atoms with van der Waals surface area (Å²) in [5, 5.41) is 2.99. The number of methoxy groups -OCH3 is 1. The van der Waals surface area contributed by atoms with E-state index in [1.54, 1.807) is 31.4 Å². The predicted octanol–water partition coefficient (Wildman–Crippen LogP) is 3.94. The summed E-state index contributed by atoms with van der Waals surface area (Å²) in [6.07, 6.45) is 2.67. The number of hydrogen-bond donors (Lipinski definition) is 1. The molecule has 1 N–H and O–H groups in total. The second-order valence-corrected chi connectivity index (χ2v) is 10.4. The fourth-order valence-electron chi connectivity index (χ4n) is 3.04. The van der Waals surface area contributed by atoms with Gasteiger partial charge in [0, 0.05) is 11.9 Å². The van der Waals surface area contributed by atoms with E-state index >= 15 is 0 Å². The molecule has 0 spiro atoms. The molecule has 0 aliphatic rings. The maximum Gasteiger partial charge on any atom is 0.243 e. The van der Waals surface area contributed by atoms with Gasteiger partial charge in [0.1, 0.15) is 5.75 Å². The van der Waals surface area contributed by atoms with Crippen LogP contribution in [0.3, 0.4) is 0 Å². The zero-order valence-electron chi connectivity index (χ0n) is 18.1. The van der Waals surface area contributed by atoms with E-state index in [1.165, 1.54) is 18.8 Å². The van der Waals surface area contributed by atoms with Crippen molar-refractivity contribution in [3.63, 3.8) is 0 Å². The first-order chi connectivity index (χ1) is 14.2. The van der Waals surface area contributed by atoms with Crippen LogP contribution in [0.2, 0.25) is 0 Å². The van der Waals surface area contributed by atoms with Crippen LogP contribution < -0.4 is 10.1 Å². The van der Waals surface area contributed by atoms with E-state index in [0.717, 1.165) is 26.9 Å². The summed E-state index contributed by atoms with van der Waals surface area (Å²) in [7, 11) is -0.721. The van der Waals surface area contributed by atoms with Crippen molar-refractivity contribution in [1.29, 1.82) is 0 Å². The minimum absolute atomic E-state index is 0.171. The highest BCUT2D eigenvalue weighted by molar-refractivity contribution is 7.98. The molecule has 0 fully saturated rings. The van der Waals surface area contributed by atoms with Crippen LogP contribution in [0, 0.1) is 5.92 Å².